The van der Waals surface area contributed by atoms with Gasteiger partial charge in [0.1, 0.15) is 44.0 Å². The van der Waals surface area contributed by atoms with Crippen LogP contribution in [-0.2, 0) is 22.3 Å². The van der Waals surface area contributed by atoms with Gasteiger partial charge in [-0.2, -0.15) is 0 Å². The zero-order chi connectivity index (χ0) is 28.9. The summed E-state index contributed by atoms with van der Waals surface area (Å²) in [6, 6.07) is 0. The summed E-state index contributed by atoms with van der Waals surface area (Å²) in [6.45, 7) is 11.9. The number of nitrogens with one attached hydrogen (secondary N) is 2. The lowest BCUT2D eigenvalue weighted by molar-refractivity contribution is 0.0517. The number of carbonyl (C=O) groups excluding carboxylic acids is 2. The van der Waals surface area contributed by atoms with Gasteiger partial charge in [0.2, 0.25) is 0 Å². The number of amides is 2. The predicted octanol–water partition coefficient (Wildman–Crippen LogP) is 6.65. The number of ether oxygens (including phenoxy) is 2. The van der Waals surface area contributed by atoms with E-state index in [4.69, 9.17) is 19.4 Å². The van der Waals surface area contributed by atoms with Crippen LogP contribution in [0, 0.1) is 0 Å². The highest BCUT2D eigenvalue weighted by atomic mass is 32.1. The van der Waals surface area contributed by atoms with E-state index >= 15 is 0 Å². The molecule has 0 radical (unpaired) electrons. The van der Waals surface area contributed by atoms with Gasteiger partial charge in [0.25, 0.3) is 0 Å². The molecular weight excluding hydrogens is 589 g/mol. The Morgan fingerprint density at radius 2 is 1.00 bits per heavy atom. The average molecular weight is 621 g/mol. The number of hydrogen-bond donors (Lipinski definition) is 2. The average Bonchev–Trinajstić information content (AvgIpc) is 3.62. The Hall–Kier alpha value is -2.94. The Balaban J connectivity index is 1.30. The molecule has 0 aliphatic heterocycles. The van der Waals surface area contributed by atoms with Crippen molar-refractivity contribution in [3.63, 3.8) is 0 Å². The van der Waals surface area contributed by atoms with Gasteiger partial charge < -0.3 is 20.1 Å². The second-order valence-corrected chi connectivity index (χ2v) is 14.3. The van der Waals surface area contributed by atoms with Gasteiger partial charge in [0.05, 0.1) is 10.0 Å². The highest BCUT2D eigenvalue weighted by molar-refractivity contribution is 7.15. The number of aromatic nitrogens is 4. The quantitative estimate of drug-likeness (QED) is 0.213. The maximum atomic E-state index is 11.8. The zero-order valence-corrected chi connectivity index (χ0v) is 26.5. The van der Waals surface area contributed by atoms with E-state index in [-0.39, 0.29) is 0 Å². The molecule has 0 spiro atoms. The highest BCUT2D eigenvalue weighted by Gasteiger charge is 2.18. The van der Waals surface area contributed by atoms with Crippen LogP contribution < -0.4 is 10.6 Å². The van der Waals surface area contributed by atoms with Crippen LogP contribution in [0.4, 0.5) is 9.59 Å². The van der Waals surface area contributed by atoms with Crippen LogP contribution in [-0.4, -0.2) is 56.4 Å². The molecule has 0 saturated heterocycles. The molecule has 10 nitrogen and oxygen atoms in total. The topological polar surface area (TPSA) is 128 Å². The van der Waals surface area contributed by atoms with Gasteiger partial charge in [0, 0.05) is 47.5 Å². The smallest absolute Gasteiger partial charge is 0.407 e. The van der Waals surface area contributed by atoms with E-state index in [0.717, 1.165) is 42.8 Å². The molecule has 4 heterocycles. The van der Waals surface area contributed by atoms with Crippen molar-refractivity contribution in [2.75, 3.05) is 13.1 Å². The number of thiazole rings is 4. The highest BCUT2D eigenvalue weighted by Crippen LogP contribution is 2.33. The minimum Gasteiger partial charge on any atom is -0.444 e. The van der Waals surface area contributed by atoms with Gasteiger partial charge in [0.15, 0.2) is 0 Å². The fourth-order valence-electron chi connectivity index (χ4n) is 3.24. The van der Waals surface area contributed by atoms with Gasteiger partial charge in [-0.25, -0.2) is 29.5 Å². The Bertz CT molecular complexity index is 1330. The number of alkyl carbamates (subject to hydrolysis) is 2. The Morgan fingerprint density at radius 3 is 1.38 bits per heavy atom. The fraction of sp³-hybridized carbons (Fsp3) is 0.462. The van der Waals surface area contributed by atoms with E-state index < -0.39 is 23.4 Å². The molecule has 214 valence electrons. The number of nitrogens with zero attached hydrogens (tertiary/aromatic N) is 4. The lowest BCUT2D eigenvalue weighted by Gasteiger charge is -2.19. The lowest BCUT2D eigenvalue weighted by Crippen LogP contribution is -2.33. The van der Waals surface area contributed by atoms with Crippen molar-refractivity contribution >= 4 is 57.5 Å². The van der Waals surface area contributed by atoms with E-state index in [2.05, 4.69) is 20.6 Å². The molecule has 0 atom stereocenters. The standard InChI is InChI=1S/C26H32N6O4S4/c1-25(2,3)35-23(33)27-9-7-19-29-17(13-37-19)21-31-15(11-39-21)16-12-40-22(32-16)18-14-38-20(30-18)8-10-28-24(34)36-26(4,5)6/h11-14H,7-10H2,1-6H3,(H,27,33)(H,28,34). The van der Waals surface area contributed by atoms with Crippen LogP contribution in [0.5, 0.6) is 0 Å². The van der Waals surface area contributed by atoms with Crippen LogP contribution in [0.3, 0.4) is 0 Å². The molecule has 0 aliphatic carbocycles. The third-order valence-corrected chi connectivity index (χ3v) is 8.37. The molecule has 40 heavy (non-hydrogen) atoms. The molecule has 0 unspecified atom stereocenters. The Morgan fingerprint density at radius 1 is 0.625 bits per heavy atom. The molecule has 0 aromatic carbocycles. The van der Waals surface area contributed by atoms with Crippen molar-refractivity contribution in [3.05, 3.63) is 31.5 Å². The first-order valence-electron chi connectivity index (χ1n) is 12.6. The van der Waals surface area contributed by atoms with E-state index in [1.54, 1.807) is 0 Å². The van der Waals surface area contributed by atoms with Crippen LogP contribution in [0.15, 0.2) is 21.5 Å². The van der Waals surface area contributed by atoms with Gasteiger partial charge in [-0.3, -0.25) is 0 Å². The summed E-state index contributed by atoms with van der Waals surface area (Å²) in [4.78, 5) is 42.5. The van der Waals surface area contributed by atoms with E-state index in [1.165, 1.54) is 45.3 Å². The SMILES string of the molecule is CC(C)(C)OC(=O)NCCc1nc(-c2nc(-c3csc(-c4csc(CCNC(=O)OC(C)(C)C)n4)n3)cs2)cs1. The molecule has 0 aliphatic rings. The minimum atomic E-state index is -0.523. The van der Waals surface area contributed by atoms with Crippen molar-refractivity contribution in [1.82, 2.24) is 30.6 Å². The third kappa shape index (κ3) is 9.04. The largest absolute Gasteiger partial charge is 0.444 e. The maximum Gasteiger partial charge on any atom is 0.407 e. The first-order valence-corrected chi connectivity index (χ1v) is 16.1. The summed E-state index contributed by atoms with van der Waals surface area (Å²) in [5.41, 5.74) is 2.16. The summed E-state index contributed by atoms with van der Waals surface area (Å²) in [5, 5.41) is 16.9. The zero-order valence-electron chi connectivity index (χ0n) is 23.2. The van der Waals surface area contributed by atoms with Crippen molar-refractivity contribution in [1.29, 1.82) is 0 Å². The second-order valence-electron chi connectivity index (χ2n) is 10.7. The molecule has 4 rings (SSSR count). The maximum absolute atomic E-state index is 11.8. The van der Waals surface area contributed by atoms with E-state index in [9.17, 15) is 9.59 Å². The Kier molecular flexibility index (Phi) is 9.54. The summed E-state index contributed by atoms with van der Waals surface area (Å²) >= 11 is 6.12. The van der Waals surface area contributed by atoms with Gasteiger partial charge in [-0.1, -0.05) is 0 Å². The minimum absolute atomic E-state index is 0.430. The number of hydrogen-bond acceptors (Lipinski definition) is 12. The van der Waals surface area contributed by atoms with Gasteiger partial charge in [-0.15, -0.1) is 45.3 Å². The molecule has 4 aromatic rings. The molecule has 2 amide bonds. The molecule has 2 N–H and O–H groups in total. The van der Waals surface area contributed by atoms with Crippen molar-refractivity contribution in [2.24, 2.45) is 0 Å². The number of rotatable bonds is 9. The lowest BCUT2D eigenvalue weighted by atomic mass is 10.2. The van der Waals surface area contributed by atoms with Gasteiger partial charge in [-0.05, 0) is 41.5 Å². The van der Waals surface area contributed by atoms with Crippen molar-refractivity contribution in [2.45, 2.75) is 65.6 Å². The summed E-state index contributed by atoms with van der Waals surface area (Å²) in [5.74, 6) is 0. The molecule has 4 aromatic heterocycles. The predicted molar refractivity (Wildman–Crippen MR) is 161 cm³/mol. The summed E-state index contributed by atoms with van der Waals surface area (Å²) in [6.07, 6.45) is 0.371. The van der Waals surface area contributed by atoms with Crippen molar-refractivity contribution in [3.8, 4) is 32.8 Å². The van der Waals surface area contributed by atoms with Crippen LogP contribution >= 0.6 is 45.3 Å². The molecular formula is C26H32N6O4S4. The van der Waals surface area contributed by atoms with Crippen LogP contribution in [0.2, 0.25) is 0 Å². The summed E-state index contributed by atoms with van der Waals surface area (Å²) < 4.78 is 10.5. The van der Waals surface area contributed by atoms with Gasteiger partial charge >= 0.3 is 12.2 Å². The van der Waals surface area contributed by atoms with Crippen LogP contribution in [0.25, 0.3) is 32.8 Å². The van der Waals surface area contributed by atoms with E-state index in [1.807, 2.05) is 63.1 Å². The Labute approximate surface area is 249 Å². The monoisotopic (exact) mass is 620 g/mol. The second kappa shape index (κ2) is 12.7. The first-order chi connectivity index (χ1) is 18.8. The fourth-order valence-corrected chi connectivity index (χ4v) is 6.50. The normalized spacial score (nSPS) is 11.8. The van der Waals surface area contributed by atoms with Crippen LogP contribution in [0.1, 0.15) is 51.6 Å². The third-order valence-electron chi connectivity index (χ3n) is 4.83. The molecule has 14 heteroatoms. The van der Waals surface area contributed by atoms with Crippen molar-refractivity contribution < 1.29 is 19.1 Å². The first kappa shape index (κ1) is 30.0. The number of carbonyl (C=O) groups is 2. The molecule has 0 bridgehead atoms. The van der Waals surface area contributed by atoms with E-state index in [0.29, 0.717) is 25.9 Å². The molecule has 0 saturated carbocycles. The summed E-state index contributed by atoms with van der Waals surface area (Å²) in [7, 11) is 0. The molecule has 0 fully saturated rings.